The van der Waals surface area contributed by atoms with Crippen LogP contribution in [-0.2, 0) is 11.2 Å². The third-order valence-electron chi connectivity index (χ3n) is 4.60. The fourth-order valence-electron chi connectivity index (χ4n) is 3.22. The normalized spacial score (nSPS) is 15.8. The highest BCUT2D eigenvalue weighted by Gasteiger charge is 2.25. The third kappa shape index (κ3) is 4.65. The molecular formula is C19H26N4O2. The molecule has 2 aromatic heterocycles. The molecular weight excluding hydrogens is 316 g/mol. The van der Waals surface area contributed by atoms with Gasteiger partial charge in [-0.3, -0.25) is 4.79 Å². The molecule has 0 aliphatic carbocycles. The van der Waals surface area contributed by atoms with E-state index >= 15 is 0 Å². The predicted octanol–water partition coefficient (Wildman–Crippen LogP) is 3.27. The van der Waals surface area contributed by atoms with E-state index in [2.05, 4.69) is 29.0 Å². The second kappa shape index (κ2) is 7.76. The Labute approximate surface area is 148 Å². The van der Waals surface area contributed by atoms with Gasteiger partial charge in [0.25, 0.3) is 0 Å². The molecule has 1 amide bonds. The number of rotatable bonds is 5. The van der Waals surface area contributed by atoms with Crippen LogP contribution in [0.2, 0.25) is 0 Å². The predicted molar refractivity (Wildman–Crippen MR) is 94.7 cm³/mol. The monoisotopic (exact) mass is 342 g/mol. The van der Waals surface area contributed by atoms with Crippen LogP contribution in [0.1, 0.15) is 44.7 Å². The topological polar surface area (TPSA) is 72.1 Å². The number of carbonyl (C=O) groups excluding carboxylic acids is 1. The molecule has 0 spiro atoms. The molecule has 6 nitrogen and oxygen atoms in total. The fourth-order valence-corrected chi connectivity index (χ4v) is 3.22. The largest absolute Gasteiger partial charge is 0.343 e. The van der Waals surface area contributed by atoms with E-state index in [1.54, 1.807) is 0 Å². The van der Waals surface area contributed by atoms with Crippen LogP contribution in [0.4, 0.5) is 0 Å². The average Bonchev–Trinajstić information content (AvgIpc) is 3.03. The van der Waals surface area contributed by atoms with Gasteiger partial charge in [-0.1, -0.05) is 25.1 Å². The standard InChI is InChI=1S/C19H26N4O2/c1-13(2)11-18(24)23-9-7-15(8-10-23)12-17-21-19(22-25-17)16-6-4-5-14(3)20-16/h4-6,13,15H,7-12H2,1-3H3. The summed E-state index contributed by atoms with van der Waals surface area (Å²) in [6, 6.07) is 5.77. The van der Waals surface area contributed by atoms with Crippen LogP contribution in [-0.4, -0.2) is 39.0 Å². The van der Waals surface area contributed by atoms with E-state index in [0.717, 1.165) is 43.7 Å². The molecule has 0 saturated carbocycles. The van der Waals surface area contributed by atoms with Gasteiger partial charge in [-0.15, -0.1) is 0 Å². The van der Waals surface area contributed by atoms with Gasteiger partial charge in [-0.05, 0) is 43.7 Å². The van der Waals surface area contributed by atoms with Crippen LogP contribution in [0.15, 0.2) is 22.7 Å². The quantitative estimate of drug-likeness (QED) is 0.834. The van der Waals surface area contributed by atoms with E-state index in [0.29, 0.717) is 30.0 Å². The van der Waals surface area contributed by atoms with E-state index in [1.165, 1.54) is 0 Å². The molecule has 134 valence electrons. The number of aromatic nitrogens is 3. The van der Waals surface area contributed by atoms with Crippen LogP contribution >= 0.6 is 0 Å². The number of piperidine rings is 1. The molecule has 3 rings (SSSR count). The van der Waals surface area contributed by atoms with Crippen molar-refractivity contribution >= 4 is 5.91 Å². The number of amides is 1. The van der Waals surface area contributed by atoms with Gasteiger partial charge in [-0.2, -0.15) is 4.98 Å². The minimum absolute atomic E-state index is 0.277. The van der Waals surface area contributed by atoms with Crippen LogP contribution in [0, 0.1) is 18.8 Å². The van der Waals surface area contributed by atoms with Crippen LogP contribution < -0.4 is 0 Å². The summed E-state index contributed by atoms with van der Waals surface area (Å²) in [6.45, 7) is 7.77. The number of hydrogen-bond acceptors (Lipinski definition) is 5. The zero-order valence-electron chi connectivity index (χ0n) is 15.2. The van der Waals surface area contributed by atoms with Gasteiger partial charge in [-0.25, -0.2) is 4.98 Å². The Morgan fingerprint density at radius 1 is 1.28 bits per heavy atom. The van der Waals surface area contributed by atoms with Crippen LogP contribution in [0.25, 0.3) is 11.5 Å². The molecule has 3 heterocycles. The molecule has 2 aromatic rings. The summed E-state index contributed by atoms with van der Waals surface area (Å²) in [7, 11) is 0. The van der Waals surface area contributed by atoms with E-state index in [-0.39, 0.29) is 5.91 Å². The maximum absolute atomic E-state index is 12.1. The molecule has 0 aromatic carbocycles. The lowest BCUT2D eigenvalue weighted by atomic mass is 9.93. The highest BCUT2D eigenvalue weighted by atomic mass is 16.5. The molecule has 0 atom stereocenters. The summed E-state index contributed by atoms with van der Waals surface area (Å²) >= 11 is 0. The Morgan fingerprint density at radius 3 is 2.72 bits per heavy atom. The first-order valence-corrected chi connectivity index (χ1v) is 9.05. The van der Waals surface area contributed by atoms with Crippen LogP contribution in [0.5, 0.6) is 0 Å². The lowest BCUT2D eigenvalue weighted by Gasteiger charge is -2.32. The average molecular weight is 342 g/mol. The van der Waals surface area contributed by atoms with Crippen molar-refractivity contribution in [1.29, 1.82) is 0 Å². The summed E-state index contributed by atoms with van der Waals surface area (Å²) in [5.41, 5.74) is 1.67. The van der Waals surface area contributed by atoms with Crippen molar-refractivity contribution in [2.24, 2.45) is 11.8 Å². The molecule has 25 heavy (non-hydrogen) atoms. The summed E-state index contributed by atoms with van der Waals surface area (Å²) in [6.07, 6.45) is 3.39. The van der Waals surface area contributed by atoms with Crippen molar-refractivity contribution in [3.05, 3.63) is 29.8 Å². The molecule has 0 bridgehead atoms. The number of hydrogen-bond donors (Lipinski definition) is 0. The number of likely N-dealkylation sites (tertiary alicyclic amines) is 1. The molecule has 6 heteroatoms. The van der Waals surface area contributed by atoms with Crippen molar-refractivity contribution in [2.75, 3.05) is 13.1 Å². The van der Waals surface area contributed by atoms with Gasteiger partial charge in [0.05, 0.1) is 0 Å². The van der Waals surface area contributed by atoms with Gasteiger partial charge in [0.15, 0.2) is 0 Å². The zero-order valence-corrected chi connectivity index (χ0v) is 15.2. The second-order valence-electron chi connectivity index (χ2n) is 7.30. The Morgan fingerprint density at radius 2 is 2.04 bits per heavy atom. The van der Waals surface area contributed by atoms with Gasteiger partial charge >= 0.3 is 0 Å². The van der Waals surface area contributed by atoms with Crippen molar-refractivity contribution in [3.8, 4) is 11.5 Å². The first-order chi connectivity index (χ1) is 12.0. The Balaban J connectivity index is 1.54. The Hall–Kier alpha value is -2.24. The molecule has 1 saturated heterocycles. The Kier molecular flexibility index (Phi) is 5.46. The maximum atomic E-state index is 12.1. The van der Waals surface area contributed by atoms with Crippen molar-refractivity contribution in [1.82, 2.24) is 20.0 Å². The van der Waals surface area contributed by atoms with E-state index in [4.69, 9.17) is 4.52 Å². The fraction of sp³-hybridized carbons (Fsp3) is 0.579. The summed E-state index contributed by atoms with van der Waals surface area (Å²) in [5, 5.41) is 4.06. The van der Waals surface area contributed by atoms with Crippen molar-refractivity contribution in [3.63, 3.8) is 0 Å². The summed E-state index contributed by atoms with van der Waals surface area (Å²) < 4.78 is 5.41. The summed E-state index contributed by atoms with van der Waals surface area (Å²) in [4.78, 5) is 23.0. The lowest BCUT2D eigenvalue weighted by Crippen LogP contribution is -2.39. The maximum Gasteiger partial charge on any atom is 0.227 e. The third-order valence-corrected chi connectivity index (χ3v) is 4.60. The van der Waals surface area contributed by atoms with Gasteiger partial charge in [0.2, 0.25) is 17.6 Å². The summed E-state index contributed by atoms with van der Waals surface area (Å²) in [5.74, 6) is 2.38. The van der Waals surface area contributed by atoms with E-state index in [9.17, 15) is 4.79 Å². The van der Waals surface area contributed by atoms with Gasteiger partial charge in [0.1, 0.15) is 5.69 Å². The first-order valence-electron chi connectivity index (χ1n) is 9.05. The van der Waals surface area contributed by atoms with E-state index < -0.39 is 0 Å². The zero-order chi connectivity index (χ0) is 17.8. The second-order valence-corrected chi connectivity index (χ2v) is 7.30. The van der Waals surface area contributed by atoms with Crippen molar-refractivity contribution < 1.29 is 9.32 Å². The van der Waals surface area contributed by atoms with Crippen LogP contribution in [0.3, 0.4) is 0 Å². The minimum atomic E-state index is 0.277. The lowest BCUT2D eigenvalue weighted by molar-refractivity contribution is -0.133. The molecule has 0 N–H and O–H groups in total. The van der Waals surface area contributed by atoms with E-state index in [1.807, 2.05) is 30.0 Å². The first kappa shape index (κ1) is 17.6. The molecule has 0 unspecified atom stereocenters. The highest BCUT2D eigenvalue weighted by molar-refractivity contribution is 5.76. The van der Waals surface area contributed by atoms with Gasteiger partial charge in [0, 0.05) is 31.6 Å². The number of carbonyl (C=O) groups is 1. The number of nitrogens with zero attached hydrogens (tertiary/aromatic N) is 4. The number of pyridine rings is 1. The Bertz CT molecular complexity index is 718. The molecule has 1 fully saturated rings. The molecule has 0 radical (unpaired) electrons. The molecule has 1 aliphatic rings. The van der Waals surface area contributed by atoms with Crippen molar-refractivity contribution in [2.45, 2.75) is 46.5 Å². The highest BCUT2D eigenvalue weighted by Crippen LogP contribution is 2.23. The molecule has 1 aliphatic heterocycles. The van der Waals surface area contributed by atoms with Gasteiger partial charge < -0.3 is 9.42 Å². The smallest absolute Gasteiger partial charge is 0.227 e. The SMILES string of the molecule is Cc1cccc(-c2noc(CC3CCN(C(=O)CC(C)C)CC3)n2)n1. The minimum Gasteiger partial charge on any atom is -0.343 e. The number of aryl methyl sites for hydroxylation is 1.